The predicted octanol–water partition coefficient (Wildman–Crippen LogP) is 2.99. The molecule has 18 heavy (non-hydrogen) atoms. The molecule has 0 aromatic heterocycles. The molecular formula is C15H20N2O. The number of hydrogen-bond acceptors (Lipinski definition) is 3. The Morgan fingerprint density at radius 2 is 2.06 bits per heavy atom. The van der Waals surface area contributed by atoms with Crippen molar-refractivity contribution in [2.45, 2.75) is 26.3 Å². The predicted molar refractivity (Wildman–Crippen MR) is 74.3 cm³/mol. The zero-order valence-electron chi connectivity index (χ0n) is 11.2. The highest BCUT2D eigenvalue weighted by atomic mass is 16.5. The first kappa shape index (κ1) is 14.3. The number of nitrogens with one attached hydrogen (secondary N) is 1. The Kier molecular flexibility index (Phi) is 5.41. The summed E-state index contributed by atoms with van der Waals surface area (Å²) in [5.41, 5.74) is 1.10. The van der Waals surface area contributed by atoms with Gasteiger partial charge in [-0.3, -0.25) is 0 Å². The zero-order chi connectivity index (χ0) is 13.4. The van der Waals surface area contributed by atoms with E-state index in [0.717, 1.165) is 17.9 Å². The Balaban J connectivity index is 2.61. The molecule has 0 fully saturated rings. The van der Waals surface area contributed by atoms with E-state index >= 15 is 0 Å². The van der Waals surface area contributed by atoms with E-state index in [2.05, 4.69) is 32.2 Å². The van der Waals surface area contributed by atoms with Crippen LogP contribution in [0, 0.1) is 11.3 Å². The maximum Gasteiger partial charge on any atom is 0.174 e. The first-order chi connectivity index (χ1) is 8.53. The Hall–Kier alpha value is -1.79. The first-order valence-electron chi connectivity index (χ1n) is 6.03. The third-order valence-electron chi connectivity index (χ3n) is 2.26. The normalized spacial score (nSPS) is 11.4. The average Bonchev–Trinajstić information content (AvgIpc) is 2.32. The Morgan fingerprint density at radius 3 is 2.72 bits per heavy atom. The van der Waals surface area contributed by atoms with E-state index in [1.54, 1.807) is 0 Å². The quantitative estimate of drug-likeness (QED) is 0.866. The maximum absolute atomic E-state index is 8.52. The van der Waals surface area contributed by atoms with Gasteiger partial charge >= 0.3 is 0 Å². The molecule has 0 atom stereocenters. The summed E-state index contributed by atoms with van der Waals surface area (Å²) in [4.78, 5) is 0. The second-order valence-electron chi connectivity index (χ2n) is 5.02. The molecule has 3 nitrogen and oxygen atoms in total. The molecule has 0 aliphatic heterocycles. The van der Waals surface area contributed by atoms with Gasteiger partial charge in [0.25, 0.3) is 0 Å². The van der Waals surface area contributed by atoms with Crippen LogP contribution in [0.1, 0.15) is 26.3 Å². The van der Waals surface area contributed by atoms with Crippen molar-refractivity contribution in [2.75, 3.05) is 13.2 Å². The van der Waals surface area contributed by atoms with Gasteiger partial charge in [-0.25, -0.2) is 0 Å². The number of rotatable bonds is 5. The highest BCUT2D eigenvalue weighted by Gasteiger charge is 2.06. The van der Waals surface area contributed by atoms with E-state index in [1.807, 2.05) is 36.4 Å². The van der Waals surface area contributed by atoms with Crippen LogP contribution in [-0.2, 0) is 0 Å². The molecule has 1 rings (SSSR count). The molecule has 0 unspecified atom stereocenters. The van der Waals surface area contributed by atoms with Crippen LogP contribution in [0.15, 0.2) is 30.3 Å². The van der Waals surface area contributed by atoms with Crippen molar-refractivity contribution in [3.05, 3.63) is 35.9 Å². The average molecular weight is 244 g/mol. The molecule has 0 aliphatic rings. The van der Waals surface area contributed by atoms with Gasteiger partial charge in [0.15, 0.2) is 6.61 Å². The minimum Gasteiger partial charge on any atom is -0.478 e. The van der Waals surface area contributed by atoms with Crippen molar-refractivity contribution in [1.82, 2.24) is 5.32 Å². The molecule has 0 aliphatic carbocycles. The molecule has 0 spiro atoms. The largest absolute Gasteiger partial charge is 0.478 e. The smallest absolute Gasteiger partial charge is 0.174 e. The van der Waals surface area contributed by atoms with Gasteiger partial charge in [-0.1, -0.05) is 30.4 Å². The summed E-state index contributed by atoms with van der Waals surface area (Å²) < 4.78 is 5.35. The highest BCUT2D eigenvalue weighted by molar-refractivity contribution is 5.57. The lowest BCUT2D eigenvalue weighted by atomic mass is 10.1. The van der Waals surface area contributed by atoms with E-state index in [4.69, 9.17) is 10.00 Å². The summed E-state index contributed by atoms with van der Waals surface area (Å²) in [5, 5.41) is 11.9. The van der Waals surface area contributed by atoms with Crippen molar-refractivity contribution >= 4 is 6.08 Å². The molecule has 96 valence electrons. The van der Waals surface area contributed by atoms with Crippen LogP contribution in [0.25, 0.3) is 6.08 Å². The van der Waals surface area contributed by atoms with Gasteiger partial charge < -0.3 is 10.1 Å². The second kappa shape index (κ2) is 6.83. The van der Waals surface area contributed by atoms with Crippen molar-refractivity contribution in [2.24, 2.45) is 0 Å². The molecule has 1 aromatic rings. The topological polar surface area (TPSA) is 45.0 Å². The van der Waals surface area contributed by atoms with Crippen LogP contribution in [0.4, 0.5) is 0 Å². The van der Waals surface area contributed by atoms with Crippen LogP contribution in [0.2, 0.25) is 0 Å². The molecule has 1 aromatic carbocycles. The van der Waals surface area contributed by atoms with Crippen LogP contribution in [0.5, 0.6) is 5.75 Å². The molecule has 0 amide bonds. The summed E-state index contributed by atoms with van der Waals surface area (Å²) in [6, 6.07) is 9.67. The molecule has 1 N–H and O–H groups in total. The van der Waals surface area contributed by atoms with Crippen molar-refractivity contribution in [3.63, 3.8) is 0 Å². The van der Waals surface area contributed by atoms with Crippen LogP contribution < -0.4 is 10.1 Å². The Labute approximate surface area is 109 Å². The molecule has 0 heterocycles. The van der Waals surface area contributed by atoms with Gasteiger partial charge in [0.2, 0.25) is 0 Å². The number of para-hydroxylation sites is 1. The van der Waals surface area contributed by atoms with E-state index < -0.39 is 0 Å². The molecule has 3 heteroatoms. The molecule has 0 saturated heterocycles. The van der Waals surface area contributed by atoms with Gasteiger partial charge in [0.05, 0.1) is 0 Å². The fourth-order valence-electron chi connectivity index (χ4n) is 1.41. The van der Waals surface area contributed by atoms with E-state index in [-0.39, 0.29) is 12.1 Å². The summed E-state index contributed by atoms with van der Waals surface area (Å²) >= 11 is 0. The van der Waals surface area contributed by atoms with E-state index in [9.17, 15) is 0 Å². The summed E-state index contributed by atoms with van der Waals surface area (Å²) in [6.07, 6.45) is 4.06. The second-order valence-corrected chi connectivity index (χ2v) is 5.02. The van der Waals surface area contributed by atoms with Gasteiger partial charge in [-0.05, 0) is 26.8 Å². The maximum atomic E-state index is 8.52. The fraction of sp³-hybridized carbons (Fsp3) is 0.400. The fourth-order valence-corrected chi connectivity index (χ4v) is 1.41. The summed E-state index contributed by atoms with van der Waals surface area (Å²) in [7, 11) is 0. The molecule has 0 radical (unpaired) electrons. The standard InChI is InChI=1S/C15H20N2O/c1-15(2,3)17-11-6-8-13-7-4-5-9-14(13)18-12-10-16/h4-9,17H,11-12H2,1-3H3. The number of nitrogens with zero attached hydrogens (tertiary/aromatic N) is 1. The number of benzene rings is 1. The van der Waals surface area contributed by atoms with Crippen molar-refractivity contribution in [1.29, 1.82) is 5.26 Å². The van der Waals surface area contributed by atoms with Crippen LogP contribution in [0.3, 0.4) is 0 Å². The molecule has 0 saturated carbocycles. The van der Waals surface area contributed by atoms with Gasteiger partial charge in [0, 0.05) is 17.6 Å². The summed E-state index contributed by atoms with van der Waals surface area (Å²) in [6.45, 7) is 7.27. The SMILES string of the molecule is CC(C)(C)NCC=Cc1ccccc1OCC#N. The third kappa shape index (κ3) is 5.51. The lowest BCUT2D eigenvalue weighted by Crippen LogP contribution is -2.35. The van der Waals surface area contributed by atoms with Gasteiger partial charge in [-0.2, -0.15) is 5.26 Å². The summed E-state index contributed by atoms with van der Waals surface area (Å²) in [5.74, 6) is 0.742. The van der Waals surface area contributed by atoms with Gasteiger partial charge in [-0.15, -0.1) is 0 Å². The molecular weight excluding hydrogens is 224 g/mol. The minimum absolute atomic E-state index is 0.0745. The Morgan fingerprint density at radius 1 is 1.33 bits per heavy atom. The number of ether oxygens (including phenoxy) is 1. The Bertz CT molecular complexity index is 439. The van der Waals surface area contributed by atoms with Crippen LogP contribution in [-0.4, -0.2) is 18.7 Å². The number of hydrogen-bond donors (Lipinski definition) is 1. The lowest BCUT2D eigenvalue weighted by Gasteiger charge is -2.18. The first-order valence-corrected chi connectivity index (χ1v) is 6.03. The zero-order valence-corrected chi connectivity index (χ0v) is 11.2. The van der Waals surface area contributed by atoms with Crippen molar-refractivity contribution in [3.8, 4) is 11.8 Å². The van der Waals surface area contributed by atoms with E-state index in [1.165, 1.54) is 0 Å². The third-order valence-corrected chi connectivity index (χ3v) is 2.26. The highest BCUT2D eigenvalue weighted by Crippen LogP contribution is 2.19. The lowest BCUT2D eigenvalue weighted by molar-refractivity contribution is 0.367. The van der Waals surface area contributed by atoms with E-state index in [0.29, 0.717) is 0 Å². The van der Waals surface area contributed by atoms with Crippen molar-refractivity contribution < 1.29 is 4.74 Å². The molecule has 0 bridgehead atoms. The monoisotopic (exact) mass is 244 g/mol. The minimum atomic E-state index is 0.0745. The van der Waals surface area contributed by atoms with Crippen LogP contribution >= 0.6 is 0 Å². The van der Waals surface area contributed by atoms with Gasteiger partial charge in [0.1, 0.15) is 11.8 Å². The number of nitriles is 1.